The van der Waals surface area contributed by atoms with Crippen LogP contribution in [-0.2, 0) is 0 Å². The van der Waals surface area contributed by atoms with Gasteiger partial charge in [-0.15, -0.1) is 0 Å². The Kier molecular flexibility index (Phi) is 3.49. The number of hydrogen-bond donors (Lipinski definition) is 1. The van der Waals surface area contributed by atoms with Crippen molar-refractivity contribution in [3.63, 3.8) is 0 Å². The third kappa shape index (κ3) is 2.15. The topological polar surface area (TPSA) is 59.4 Å². The molecule has 1 atom stereocenters. The molecular formula is C13H16N4O. The van der Waals surface area contributed by atoms with E-state index >= 15 is 0 Å². The van der Waals surface area contributed by atoms with Crippen LogP contribution in [-0.4, -0.2) is 44.2 Å². The van der Waals surface area contributed by atoms with E-state index in [1.54, 1.807) is 35.0 Å². The molecule has 2 rings (SSSR count). The summed E-state index contributed by atoms with van der Waals surface area (Å²) in [5, 5.41) is 12.0. The molecule has 1 unspecified atom stereocenters. The van der Waals surface area contributed by atoms with Crippen LogP contribution < -0.4 is 10.2 Å². The number of anilines is 1. The molecule has 1 fully saturated rings. The molecule has 0 spiro atoms. The highest BCUT2D eigenvalue weighted by molar-refractivity contribution is 5.94. The van der Waals surface area contributed by atoms with Gasteiger partial charge in [-0.25, -0.2) is 4.79 Å². The van der Waals surface area contributed by atoms with Crippen molar-refractivity contribution in [1.82, 2.24) is 10.2 Å². The molecule has 1 saturated heterocycles. The van der Waals surface area contributed by atoms with Crippen LogP contribution in [0.1, 0.15) is 5.56 Å². The summed E-state index contributed by atoms with van der Waals surface area (Å²) >= 11 is 0. The summed E-state index contributed by atoms with van der Waals surface area (Å²) in [6.07, 6.45) is 0. The fourth-order valence-corrected chi connectivity index (χ4v) is 2.15. The van der Waals surface area contributed by atoms with Gasteiger partial charge < -0.3 is 10.2 Å². The Labute approximate surface area is 107 Å². The van der Waals surface area contributed by atoms with Gasteiger partial charge in [-0.2, -0.15) is 5.26 Å². The normalized spacial score (nSPS) is 19.2. The van der Waals surface area contributed by atoms with Gasteiger partial charge in [-0.1, -0.05) is 6.07 Å². The van der Waals surface area contributed by atoms with Crippen molar-refractivity contribution >= 4 is 11.7 Å². The number of carbonyl (C=O) groups excluding carboxylic acids is 1. The maximum Gasteiger partial charge on any atom is 0.324 e. The molecular weight excluding hydrogens is 228 g/mol. The summed E-state index contributed by atoms with van der Waals surface area (Å²) in [5.41, 5.74) is 1.35. The Morgan fingerprint density at radius 3 is 3.00 bits per heavy atom. The van der Waals surface area contributed by atoms with E-state index < -0.39 is 0 Å². The number of likely N-dealkylation sites (N-methyl/N-ethyl adjacent to an activating group) is 2. The van der Waals surface area contributed by atoms with Crippen LogP contribution in [0.2, 0.25) is 0 Å². The molecule has 18 heavy (non-hydrogen) atoms. The van der Waals surface area contributed by atoms with Crippen molar-refractivity contribution in [2.45, 2.75) is 6.04 Å². The number of carbonyl (C=O) groups is 1. The van der Waals surface area contributed by atoms with Crippen LogP contribution in [0.4, 0.5) is 10.5 Å². The molecule has 1 N–H and O–H groups in total. The number of hydrogen-bond acceptors (Lipinski definition) is 3. The van der Waals surface area contributed by atoms with E-state index in [9.17, 15) is 4.79 Å². The van der Waals surface area contributed by atoms with E-state index in [0.717, 1.165) is 12.2 Å². The summed E-state index contributed by atoms with van der Waals surface area (Å²) < 4.78 is 0. The third-order valence-corrected chi connectivity index (χ3v) is 3.20. The first kappa shape index (κ1) is 12.4. The fraction of sp³-hybridized carbons (Fsp3) is 0.385. The van der Waals surface area contributed by atoms with Crippen LogP contribution in [0.25, 0.3) is 0 Å². The fourth-order valence-electron chi connectivity index (χ4n) is 2.15. The van der Waals surface area contributed by atoms with E-state index in [-0.39, 0.29) is 12.1 Å². The average Bonchev–Trinajstić information content (AvgIpc) is 2.68. The number of amides is 2. The summed E-state index contributed by atoms with van der Waals surface area (Å²) in [5.74, 6) is 0. The minimum absolute atomic E-state index is 0.0228. The molecule has 0 bridgehead atoms. The Hall–Kier alpha value is -2.06. The third-order valence-electron chi connectivity index (χ3n) is 3.20. The van der Waals surface area contributed by atoms with Crippen molar-refractivity contribution < 1.29 is 4.79 Å². The van der Waals surface area contributed by atoms with Crippen LogP contribution in [0.3, 0.4) is 0 Å². The average molecular weight is 244 g/mol. The molecule has 0 saturated carbocycles. The van der Waals surface area contributed by atoms with Crippen LogP contribution in [0.5, 0.6) is 0 Å². The molecule has 5 nitrogen and oxygen atoms in total. The largest absolute Gasteiger partial charge is 0.324 e. The Morgan fingerprint density at radius 2 is 2.33 bits per heavy atom. The van der Waals surface area contributed by atoms with Gasteiger partial charge in [0.05, 0.1) is 17.7 Å². The predicted molar refractivity (Wildman–Crippen MR) is 69.4 cm³/mol. The molecule has 94 valence electrons. The molecule has 1 aromatic carbocycles. The van der Waals surface area contributed by atoms with E-state index in [1.807, 2.05) is 13.1 Å². The quantitative estimate of drug-likeness (QED) is 0.863. The number of urea groups is 1. The lowest BCUT2D eigenvalue weighted by molar-refractivity contribution is 0.218. The van der Waals surface area contributed by atoms with E-state index in [1.165, 1.54) is 0 Å². The SMILES string of the molecule is CNCC1CN(c2cccc(C#N)c2)C(=O)N1C. The zero-order valence-electron chi connectivity index (χ0n) is 10.6. The first-order valence-corrected chi connectivity index (χ1v) is 5.86. The van der Waals surface area contributed by atoms with Gasteiger partial charge in [-0.3, -0.25) is 4.90 Å². The molecule has 0 radical (unpaired) electrons. The van der Waals surface area contributed by atoms with Gasteiger partial charge in [0.2, 0.25) is 0 Å². The Bertz CT molecular complexity index is 494. The second-order valence-corrected chi connectivity index (χ2v) is 4.38. The molecule has 5 heteroatoms. The van der Waals surface area contributed by atoms with Crippen molar-refractivity contribution in [2.75, 3.05) is 32.1 Å². The summed E-state index contributed by atoms with van der Waals surface area (Å²) in [4.78, 5) is 15.6. The van der Waals surface area contributed by atoms with Crippen molar-refractivity contribution in [2.24, 2.45) is 0 Å². The van der Waals surface area contributed by atoms with Gasteiger partial charge >= 0.3 is 6.03 Å². The van der Waals surface area contributed by atoms with E-state index in [4.69, 9.17) is 5.26 Å². The second kappa shape index (κ2) is 5.07. The summed E-state index contributed by atoms with van der Waals surface area (Å²) in [6.45, 7) is 1.40. The lowest BCUT2D eigenvalue weighted by Gasteiger charge is -2.16. The highest BCUT2D eigenvalue weighted by Crippen LogP contribution is 2.23. The van der Waals surface area contributed by atoms with Crippen molar-refractivity contribution in [1.29, 1.82) is 5.26 Å². The van der Waals surface area contributed by atoms with E-state index in [0.29, 0.717) is 12.1 Å². The first-order chi connectivity index (χ1) is 8.67. The lowest BCUT2D eigenvalue weighted by atomic mass is 10.2. The highest BCUT2D eigenvalue weighted by Gasteiger charge is 2.34. The minimum Gasteiger partial charge on any atom is -0.321 e. The zero-order valence-corrected chi connectivity index (χ0v) is 10.6. The zero-order chi connectivity index (χ0) is 13.1. The van der Waals surface area contributed by atoms with Crippen LogP contribution in [0.15, 0.2) is 24.3 Å². The van der Waals surface area contributed by atoms with E-state index in [2.05, 4.69) is 11.4 Å². The number of nitriles is 1. The Morgan fingerprint density at radius 1 is 1.56 bits per heavy atom. The first-order valence-electron chi connectivity index (χ1n) is 5.86. The highest BCUT2D eigenvalue weighted by atomic mass is 16.2. The maximum absolute atomic E-state index is 12.1. The van der Waals surface area contributed by atoms with Gasteiger partial charge in [0.15, 0.2) is 0 Å². The summed E-state index contributed by atoms with van der Waals surface area (Å²) in [7, 11) is 3.68. The molecule has 1 aliphatic heterocycles. The molecule has 2 amide bonds. The van der Waals surface area contributed by atoms with Crippen molar-refractivity contribution in [3.8, 4) is 6.07 Å². The maximum atomic E-state index is 12.1. The molecule has 1 aromatic rings. The predicted octanol–water partition coefficient (Wildman–Crippen LogP) is 1.02. The lowest BCUT2D eigenvalue weighted by Crippen LogP contribution is -2.37. The number of benzene rings is 1. The van der Waals surface area contributed by atoms with Crippen LogP contribution >= 0.6 is 0 Å². The number of rotatable bonds is 3. The number of nitrogens with zero attached hydrogens (tertiary/aromatic N) is 3. The van der Waals surface area contributed by atoms with Gasteiger partial charge in [0, 0.05) is 25.8 Å². The van der Waals surface area contributed by atoms with Gasteiger partial charge in [-0.05, 0) is 25.2 Å². The second-order valence-electron chi connectivity index (χ2n) is 4.38. The van der Waals surface area contributed by atoms with Crippen molar-refractivity contribution in [3.05, 3.63) is 29.8 Å². The Balaban J connectivity index is 2.24. The van der Waals surface area contributed by atoms with Gasteiger partial charge in [0.25, 0.3) is 0 Å². The smallest absolute Gasteiger partial charge is 0.321 e. The minimum atomic E-state index is -0.0228. The standard InChI is InChI=1S/C13H16N4O/c1-15-8-12-9-17(13(18)16(12)2)11-5-3-4-10(6-11)7-14/h3-6,12,15H,8-9H2,1-2H3. The van der Waals surface area contributed by atoms with Crippen LogP contribution in [0, 0.1) is 11.3 Å². The summed E-state index contributed by atoms with van der Waals surface area (Å²) in [6, 6.07) is 9.36. The molecule has 0 aromatic heterocycles. The number of nitrogens with one attached hydrogen (secondary N) is 1. The molecule has 1 aliphatic rings. The monoisotopic (exact) mass is 244 g/mol. The molecule has 1 heterocycles. The van der Waals surface area contributed by atoms with Gasteiger partial charge in [0.1, 0.15) is 0 Å². The molecule has 0 aliphatic carbocycles.